The van der Waals surface area contributed by atoms with Gasteiger partial charge in [0.1, 0.15) is 12.4 Å². The van der Waals surface area contributed by atoms with E-state index in [0.29, 0.717) is 13.2 Å². The van der Waals surface area contributed by atoms with E-state index in [1.54, 1.807) is 0 Å². The van der Waals surface area contributed by atoms with Crippen LogP contribution in [0.15, 0.2) is 29.3 Å². The third kappa shape index (κ3) is 7.52. The summed E-state index contributed by atoms with van der Waals surface area (Å²) in [5.41, 5.74) is 1.23. The summed E-state index contributed by atoms with van der Waals surface area (Å²) in [6.07, 6.45) is 2.28. The number of hydrogen-bond donors (Lipinski definition) is 1. The Kier molecular flexibility index (Phi) is 10.9. The van der Waals surface area contributed by atoms with Crippen molar-refractivity contribution in [2.75, 3.05) is 59.0 Å². The molecule has 2 saturated heterocycles. The highest BCUT2D eigenvalue weighted by atomic mass is 127. The number of guanidine groups is 1. The Balaban J connectivity index is 0.00000341. The van der Waals surface area contributed by atoms with E-state index in [1.807, 2.05) is 17.0 Å². The second-order valence-electron chi connectivity index (χ2n) is 8.13. The van der Waals surface area contributed by atoms with Crippen LogP contribution >= 0.6 is 24.0 Å². The number of likely N-dealkylation sites (tertiary alicyclic amines) is 1. The maximum absolute atomic E-state index is 12.7. The van der Waals surface area contributed by atoms with Crippen molar-refractivity contribution in [3.63, 3.8) is 0 Å². The number of nitrogens with one attached hydrogen (secondary N) is 1. The minimum atomic E-state index is -0.0346. The fraction of sp³-hybridized carbons (Fsp3) is 0.652. The first-order valence-electron chi connectivity index (χ1n) is 11.3. The molecule has 2 heterocycles. The Labute approximate surface area is 204 Å². The molecule has 2 aliphatic heterocycles. The Morgan fingerprint density at radius 1 is 1.06 bits per heavy atom. The summed E-state index contributed by atoms with van der Waals surface area (Å²) >= 11 is 0. The highest BCUT2D eigenvalue weighted by Gasteiger charge is 2.30. The van der Waals surface area contributed by atoms with Crippen LogP contribution in [0.5, 0.6) is 5.75 Å². The van der Waals surface area contributed by atoms with Crippen LogP contribution in [0.1, 0.15) is 32.3 Å². The highest BCUT2D eigenvalue weighted by Crippen LogP contribution is 2.14. The zero-order chi connectivity index (χ0) is 21.3. The molecule has 1 aromatic carbocycles. The second kappa shape index (κ2) is 13.1. The molecule has 0 bridgehead atoms. The third-order valence-corrected chi connectivity index (χ3v) is 5.91. The van der Waals surface area contributed by atoms with Crippen molar-refractivity contribution in [3.8, 4) is 5.75 Å². The number of aryl methyl sites for hydroxylation is 1. The van der Waals surface area contributed by atoms with Crippen molar-refractivity contribution in [1.29, 1.82) is 0 Å². The molecule has 0 aliphatic carbocycles. The summed E-state index contributed by atoms with van der Waals surface area (Å²) in [5.74, 6) is 2.10. The minimum Gasteiger partial charge on any atom is -0.492 e. The third-order valence-electron chi connectivity index (χ3n) is 5.91. The van der Waals surface area contributed by atoms with E-state index in [2.05, 4.69) is 48.0 Å². The maximum Gasteiger partial charge on any atom is 0.239 e. The molecule has 31 heavy (non-hydrogen) atoms. The molecule has 0 spiro atoms. The number of halogens is 1. The molecule has 3 rings (SSSR count). The summed E-state index contributed by atoms with van der Waals surface area (Å²) in [6, 6.07) is 8.06. The molecule has 1 unspecified atom stereocenters. The van der Waals surface area contributed by atoms with Crippen molar-refractivity contribution in [3.05, 3.63) is 29.8 Å². The Morgan fingerprint density at radius 2 is 1.71 bits per heavy atom. The Morgan fingerprint density at radius 3 is 2.32 bits per heavy atom. The molecule has 0 aromatic heterocycles. The van der Waals surface area contributed by atoms with E-state index in [9.17, 15) is 4.79 Å². The van der Waals surface area contributed by atoms with Gasteiger partial charge in [0.05, 0.1) is 12.6 Å². The monoisotopic (exact) mass is 543 g/mol. The molecule has 1 amide bonds. The number of benzene rings is 1. The number of aliphatic imine (C=N–C) groups is 1. The van der Waals surface area contributed by atoms with Gasteiger partial charge in [0.15, 0.2) is 5.96 Å². The van der Waals surface area contributed by atoms with Crippen LogP contribution in [-0.2, 0) is 4.79 Å². The lowest BCUT2D eigenvalue weighted by Crippen LogP contribution is -2.57. The van der Waals surface area contributed by atoms with Crippen molar-refractivity contribution in [2.45, 2.75) is 39.7 Å². The fourth-order valence-corrected chi connectivity index (χ4v) is 4.05. The first-order chi connectivity index (χ1) is 14.6. The van der Waals surface area contributed by atoms with Crippen molar-refractivity contribution in [2.24, 2.45) is 4.99 Å². The first-order valence-corrected chi connectivity index (χ1v) is 11.3. The maximum atomic E-state index is 12.7. The Bertz CT molecular complexity index is 698. The normalized spacial score (nSPS) is 18.5. The van der Waals surface area contributed by atoms with Crippen molar-refractivity contribution >= 4 is 35.8 Å². The predicted octanol–water partition coefficient (Wildman–Crippen LogP) is 2.59. The van der Waals surface area contributed by atoms with E-state index in [0.717, 1.165) is 70.4 Å². The van der Waals surface area contributed by atoms with Gasteiger partial charge in [-0.15, -0.1) is 24.0 Å². The number of carbonyl (C=O) groups excluding carboxylic acids is 1. The fourth-order valence-electron chi connectivity index (χ4n) is 4.05. The smallest absolute Gasteiger partial charge is 0.239 e. The quantitative estimate of drug-likeness (QED) is 0.248. The van der Waals surface area contributed by atoms with Crippen LogP contribution in [0, 0.1) is 6.92 Å². The summed E-state index contributed by atoms with van der Waals surface area (Å²) in [4.78, 5) is 24.1. The SMILES string of the molecule is CCNC(=NCCOc1ccc(C)cc1)N1CCN(C(C)C(=O)N2CCCC2)CC1.I. The highest BCUT2D eigenvalue weighted by molar-refractivity contribution is 14.0. The Hall–Kier alpha value is -1.55. The van der Waals surface area contributed by atoms with E-state index in [-0.39, 0.29) is 35.9 Å². The molecular weight excluding hydrogens is 505 g/mol. The first kappa shape index (κ1) is 25.7. The molecule has 1 N–H and O–H groups in total. The number of rotatable bonds is 7. The number of piperazine rings is 1. The number of nitrogens with zero attached hydrogens (tertiary/aromatic N) is 4. The van der Waals surface area contributed by atoms with Gasteiger partial charge in [0, 0.05) is 45.8 Å². The van der Waals surface area contributed by atoms with Crippen molar-refractivity contribution < 1.29 is 9.53 Å². The van der Waals surface area contributed by atoms with Crippen LogP contribution in [-0.4, -0.2) is 91.6 Å². The van der Waals surface area contributed by atoms with Crippen LogP contribution in [0.2, 0.25) is 0 Å². The molecule has 0 saturated carbocycles. The summed E-state index contributed by atoms with van der Waals surface area (Å²) < 4.78 is 5.80. The molecule has 0 radical (unpaired) electrons. The summed E-state index contributed by atoms with van der Waals surface area (Å²) in [5, 5.41) is 3.40. The number of amides is 1. The number of carbonyl (C=O) groups is 1. The van der Waals surface area contributed by atoms with Gasteiger partial charge >= 0.3 is 0 Å². The van der Waals surface area contributed by atoms with Crippen molar-refractivity contribution in [1.82, 2.24) is 20.0 Å². The standard InChI is InChI=1S/C23H37N5O2.HI/c1-4-24-23(25-11-18-30-21-9-7-19(2)8-10-21)28-16-14-26(15-17-28)20(3)22(29)27-12-5-6-13-27;/h7-10,20H,4-6,11-18H2,1-3H3,(H,24,25);1H. The second-order valence-corrected chi connectivity index (χ2v) is 8.13. The lowest BCUT2D eigenvalue weighted by atomic mass is 10.2. The van der Waals surface area contributed by atoms with Gasteiger partial charge in [-0.05, 0) is 45.7 Å². The average molecular weight is 543 g/mol. The van der Waals surface area contributed by atoms with Crippen LogP contribution in [0.4, 0.5) is 0 Å². The number of ether oxygens (including phenoxy) is 1. The van der Waals surface area contributed by atoms with E-state index >= 15 is 0 Å². The molecule has 8 heteroatoms. The van der Waals surface area contributed by atoms with Gasteiger partial charge in [-0.1, -0.05) is 17.7 Å². The average Bonchev–Trinajstić information content (AvgIpc) is 3.31. The minimum absolute atomic E-state index is 0. The van der Waals surface area contributed by atoms with Gasteiger partial charge in [0.2, 0.25) is 5.91 Å². The predicted molar refractivity (Wildman–Crippen MR) is 136 cm³/mol. The van der Waals surface area contributed by atoms with Crippen LogP contribution in [0.25, 0.3) is 0 Å². The molecule has 1 aromatic rings. The van der Waals surface area contributed by atoms with Gasteiger partial charge in [0.25, 0.3) is 0 Å². The topological polar surface area (TPSA) is 60.4 Å². The van der Waals surface area contributed by atoms with Gasteiger partial charge in [-0.25, -0.2) is 4.99 Å². The summed E-state index contributed by atoms with van der Waals surface area (Å²) in [7, 11) is 0. The molecule has 2 fully saturated rings. The molecule has 174 valence electrons. The van der Waals surface area contributed by atoms with E-state index < -0.39 is 0 Å². The van der Waals surface area contributed by atoms with Crippen LogP contribution < -0.4 is 10.1 Å². The summed E-state index contributed by atoms with van der Waals surface area (Å²) in [6.45, 7) is 13.6. The zero-order valence-corrected chi connectivity index (χ0v) is 21.5. The molecule has 2 aliphatic rings. The molecule has 1 atom stereocenters. The van der Waals surface area contributed by atoms with Gasteiger partial charge < -0.3 is 19.9 Å². The zero-order valence-electron chi connectivity index (χ0n) is 19.2. The van der Waals surface area contributed by atoms with E-state index in [1.165, 1.54) is 5.56 Å². The lowest BCUT2D eigenvalue weighted by Gasteiger charge is -2.39. The van der Waals surface area contributed by atoms with Gasteiger partial charge in [-0.2, -0.15) is 0 Å². The molecular formula is C23H38IN5O2. The van der Waals surface area contributed by atoms with Crippen LogP contribution in [0.3, 0.4) is 0 Å². The largest absolute Gasteiger partial charge is 0.492 e. The lowest BCUT2D eigenvalue weighted by molar-refractivity contribution is -0.135. The molecule has 7 nitrogen and oxygen atoms in total. The van der Waals surface area contributed by atoms with Gasteiger partial charge in [-0.3, -0.25) is 9.69 Å². The van der Waals surface area contributed by atoms with E-state index in [4.69, 9.17) is 9.73 Å². The number of hydrogen-bond acceptors (Lipinski definition) is 4.